The fourth-order valence-electron chi connectivity index (χ4n) is 2.16. The van der Waals surface area contributed by atoms with Gasteiger partial charge in [0.25, 0.3) is 0 Å². The molecule has 0 atom stereocenters. The summed E-state index contributed by atoms with van der Waals surface area (Å²) < 4.78 is 6.98. The summed E-state index contributed by atoms with van der Waals surface area (Å²) in [5, 5.41) is 10.6. The summed E-state index contributed by atoms with van der Waals surface area (Å²) in [6.45, 7) is 4.59. The standard InChI is InChI=1S/C16H24N6O.HI/c1-4-17-16(19-10-15-20-12-21-22(15)2)18-9-13-7-5-6-8-14(13)11-23-3;/h5-8,12H,4,9-11H2,1-3H3,(H2,17,18,19);1H. The molecule has 1 aromatic carbocycles. The monoisotopic (exact) mass is 444 g/mol. The third kappa shape index (κ3) is 6.08. The zero-order valence-corrected chi connectivity index (χ0v) is 16.7. The maximum atomic E-state index is 5.23. The molecule has 0 saturated heterocycles. The Morgan fingerprint density at radius 2 is 2.00 bits per heavy atom. The van der Waals surface area contributed by atoms with Gasteiger partial charge in [0.1, 0.15) is 12.2 Å². The third-order valence-electron chi connectivity index (χ3n) is 3.39. The van der Waals surface area contributed by atoms with Gasteiger partial charge in [-0.3, -0.25) is 4.68 Å². The molecule has 0 aliphatic heterocycles. The molecule has 0 fully saturated rings. The highest BCUT2D eigenvalue weighted by atomic mass is 127. The fourth-order valence-corrected chi connectivity index (χ4v) is 2.16. The van der Waals surface area contributed by atoms with E-state index in [4.69, 9.17) is 4.74 Å². The average molecular weight is 444 g/mol. The highest BCUT2D eigenvalue weighted by Gasteiger charge is 2.04. The average Bonchev–Trinajstić information content (AvgIpc) is 2.97. The lowest BCUT2D eigenvalue weighted by Crippen LogP contribution is -2.37. The molecular formula is C16H25IN6O. The Morgan fingerprint density at radius 1 is 1.25 bits per heavy atom. The van der Waals surface area contributed by atoms with Crippen LogP contribution in [0.2, 0.25) is 0 Å². The number of methoxy groups -OCH3 is 1. The molecule has 1 heterocycles. The van der Waals surface area contributed by atoms with Gasteiger partial charge in [0.05, 0.1) is 19.7 Å². The summed E-state index contributed by atoms with van der Waals surface area (Å²) >= 11 is 0. The Balaban J connectivity index is 0.00000288. The van der Waals surface area contributed by atoms with Gasteiger partial charge in [0, 0.05) is 20.7 Å². The maximum absolute atomic E-state index is 5.23. The molecule has 0 spiro atoms. The smallest absolute Gasteiger partial charge is 0.191 e. The maximum Gasteiger partial charge on any atom is 0.191 e. The molecule has 0 bridgehead atoms. The number of hydrogen-bond donors (Lipinski definition) is 2. The van der Waals surface area contributed by atoms with Crippen LogP contribution in [0, 0.1) is 0 Å². The normalized spacial score (nSPS) is 11.0. The summed E-state index contributed by atoms with van der Waals surface area (Å²) in [6.07, 6.45) is 1.54. The van der Waals surface area contributed by atoms with Crippen LogP contribution in [0.25, 0.3) is 0 Å². The van der Waals surface area contributed by atoms with Gasteiger partial charge in [0.2, 0.25) is 0 Å². The van der Waals surface area contributed by atoms with E-state index in [1.165, 1.54) is 0 Å². The summed E-state index contributed by atoms with van der Waals surface area (Å²) in [6, 6.07) is 8.17. The third-order valence-corrected chi connectivity index (χ3v) is 3.39. The van der Waals surface area contributed by atoms with Gasteiger partial charge in [-0.25, -0.2) is 9.98 Å². The zero-order chi connectivity index (χ0) is 16.5. The molecule has 8 heteroatoms. The molecule has 2 aromatic rings. The minimum Gasteiger partial charge on any atom is -0.380 e. The highest BCUT2D eigenvalue weighted by molar-refractivity contribution is 14.0. The second-order valence-corrected chi connectivity index (χ2v) is 5.05. The summed E-state index contributed by atoms with van der Waals surface area (Å²) in [5.74, 6) is 1.61. The molecule has 0 aliphatic carbocycles. The van der Waals surface area contributed by atoms with E-state index in [-0.39, 0.29) is 24.0 Å². The van der Waals surface area contributed by atoms with Gasteiger partial charge < -0.3 is 15.4 Å². The number of guanidine groups is 1. The molecule has 2 N–H and O–H groups in total. The van der Waals surface area contributed by atoms with E-state index in [2.05, 4.69) is 37.8 Å². The molecule has 0 amide bonds. The molecule has 2 rings (SSSR count). The van der Waals surface area contributed by atoms with E-state index in [1.807, 2.05) is 26.1 Å². The number of hydrogen-bond acceptors (Lipinski definition) is 4. The molecule has 7 nitrogen and oxygen atoms in total. The first-order valence-electron chi connectivity index (χ1n) is 7.65. The SMILES string of the molecule is CCNC(=NCc1ccccc1COC)NCc1ncnn1C.I. The summed E-state index contributed by atoms with van der Waals surface area (Å²) in [5.41, 5.74) is 2.31. The van der Waals surface area contributed by atoms with E-state index in [1.54, 1.807) is 18.1 Å². The van der Waals surface area contributed by atoms with Crippen molar-refractivity contribution in [2.45, 2.75) is 26.6 Å². The molecule has 1 aromatic heterocycles. The van der Waals surface area contributed by atoms with Crippen LogP contribution >= 0.6 is 24.0 Å². The quantitative estimate of drug-likeness (QED) is 0.387. The topological polar surface area (TPSA) is 76.4 Å². The summed E-state index contributed by atoms with van der Waals surface area (Å²) in [7, 11) is 3.57. The van der Waals surface area contributed by atoms with Crippen LogP contribution in [0.4, 0.5) is 0 Å². The van der Waals surface area contributed by atoms with Crippen molar-refractivity contribution in [1.29, 1.82) is 0 Å². The number of ether oxygens (including phenoxy) is 1. The second-order valence-electron chi connectivity index (χ2n) is 5.05. The lowest BCUT2D eigenvalue weighted by molar-refractivity contribution is 0.184. The second kappa shape index (κ2) is 11.0. The Morgan fingerprint density at radius 3 is 2.62 bits per heavy atom. The number of benzene rings is 1. The van der Waals surface area contributed by atoms with Crippen molar-refractivity contribution >= 4 is 29.9 Å². The first kappa shape index (κ1) is 20.4. The van der Waals surface area contributed by atoms with Gasteiger partial charge in [-0.2, -0.15) is 5.10 Å². The molecule has 0 unspecified atom stereocenters. The van der Waals surface area contributed by atoms with Crippen molar-refractivity contribution in [3.05, 3.63) is 47.5 Å². The zero-order valence-electron chi connectivity index (χ0n) is 14.3. The van der Waals surface area contributed by atoms with Crippen molar-refractivity contribution < 1.29 is 4.74 Å². The highest BCUT2D eigenvalue weighted by Crippen LogP contribution is 2.11. The molecule has 132 valence electrons. The Labute approximate surface area is 159 Å². The van der Waals surface area contributed by atoms with E-state index in [0.717, 1.165) is 29.5 Å². The largest absolute Gasteiger partial charge is 0.380 e. The van der Waals surface area contributed by atoms with E-state index in [0.29, 0.717) is 19.7 Å². The van der Waals surface area contributed by atoms with Gasteiger partial charge in [-0.15, -0.1) is 24.0 Å². The van der Waals surface area contributed by atoms with E-state index < -0.39 is 0 Å². The van der Waals surface area contributed by atoms with E-state index in [9.17, 15) is 0 Å². The number of aliphatic imine (C=N–C) groups is 1. The molecule has 0 aliphatic rings. The van der Waals surface area contributed by atoms with Crippen LogP contribution in [0.3, 0.4) is 0 Å². The van der Waals surface area contributed by atoms with Crippen molar-refractivity contribution in [3.8, 4) is 0 Å². The van der Waals surface area contributed by atoms with Gasteiger partial charge >= 0.3 is 0 Å². The van der Waals surface area contributed by atoms with Crippen molar-refractivity contribution in [1.82, 2.24) is 25.4 Å². The molecule has 0 saturated carbocycles. The lowest BCUT2D eigenvalue weighted by atomic mass is 10.1. The van der Waals surface area contributed by atoms with Gasteiger partial charge in [0.15, 0.2) is 5.96 Å². The Kier molecular flexibility index (Phi) is 9.31. The number of aromatic nitrogens is 3. The van der Waals surface area contributed by atoms with Crippen LogP contribution in [0.15, 0.2) is 35.6 Å². The fraction of sp³-hybridized carbons (Fsp3) is 0.438. The van der Waals surface area contributed by atoms with E-state index >= 15 is 0 Å². The minimum atomic E-state index is 0. The number of aryl methyl sites for hydroxylation is 1. The van der Waals surface area contributed by atoms with Crippen LogP contribution in [-0.4, -0.2) is 34.4 Å². The van der Waals surface area contributed by atoms with Crippen LogP contribution < -0.4 is 10.6 Å². The van der Waals surface area contributed by atoms with Crippen LogP contribution in [0.5, 0.6) is 0 Å². The Hall–Kier alpha value is -1.68. The predicted molar refractivity (Wildman–Crippen MR) is 105 cm³/mol. The molecule has 0 radical (unpaired) electrons. The lowest BCUT2D eigenvalue weighted by Gasteiger charge is -2.12. The van der Waals surface area contributed by atoms with Gasteiger partial charge in [-0.05, 0) is 18.1 Å². The first-order valence-corrected chi connectivity index (χ1v) is 7.65. The first-order chi connectivity index (χ1) is 11.2. The number of rotatable bonds is 7. The Bertz CT molecular complexity index is 643. The van der Waals surface area contributed by atoms with Crippen LogP contribution in [0.1, 0.15) is 23.9 Å². The summed E-state index contributed by atoms with van der Waals surface area (Å²) in [4.78, 5) is 8.83. The molecular weight excluding hydrogens is 419 g/mol. The number of nitrogens with zero attached hydrogens (tertiary/aromatic N) is 4. The van der Waals surface area contributed by atoms with Crippen LogP contribution in [-0.2, 0) is 31.5 Å². The predicted octanol–water partition coefficient (Wildman–Crippen LogP) is 1.83. The molecule has 24 heavy (non-hydrogen) atoms. The number of halogens is 1. The van der Waals surface area contributed by atoms with Crippen molar-refractivity contribution in [3.63, 3.8) is 0 Å². The van der Waals surface area contributed by atoms with Gasteiger partial charge in [-0.1, -0.05) is 24.3 Å². The number of nitrogens with one attached hydrogen (secondary N) is 2. The van der Waals surface area contributed by atoms with Crippen molar-refractivity contribution in [2.75, 3.05) is 13.7 Å². The van der Waals surface area contributed by atoms with Crippen molar-refractivity contribution in [2.24, 2.45) is 12.0 Å². The minimum absolute atomic E-state index is 0.